The summed E-state index contributed by atoms with van der Waals surface area (Å²) in [6.07, 6.45) is 9.31. The van der Waals surface area contributed by atoms with E-state index in [1.54, 1.807) is 12.1 Å². The van der Waals surface area contributed by atoms with Crippen LogP contribution in [0.4, 0.5) is 5.69 Å². The van der Waals surface area contributed by atoms with Gasteiger partial charge in [-0.15, -0.1) is 12.3 Å². The molecule has 0 heterocycles. The SMILES string of the molecule is C#CCCCNC(=O)/C=C/c1cccc([N+](=O)[O-])c1. The van der Waals surface area contributed by atoms with Gasteiger partial charge in [-0.3, -0.25) is 14.9 Å². The predicted octanol–water partition coefficient (Wildman–Crippen LogP) is 2.14. The maximum absolute atomic E-state index is 11.4. The first-order valence-corrected chi connectivity index (χ1v) is 5.77. The predicted molar refractivity (Wildman–Crippen MR) is 73.2 cm³/mol. The second-order valence-electron chi connectivity index (χ2n) is 3.78. The molecule has 0 saturated carbocycles. The lowest BCUT2D eigenvalue weighted by atomic mass is 10.2. The highest BCUT2D eigenvalue weighted by molar-refractivity contribution is 5.91. The van der Waals surface area contributed by atoms with Gasteiger partial charge in [-0.2, -0.15) is 0 Å². The van der Waals surface area contributed by atoms with Crippen LogP contribution in [0, 0.1) is 22.5 Å². The summed E-state index contributed by atoms with van der Waals surface area (Å²) in [5.41, 5.74) is 0.601. The molecule has 98 valence electrons. The number of nitro groups is 1. The number of nitrogens with one attached hydrogen (secondary N) is 1. The molecule has 1 rings (SSSR count). The highest BCUT2D eigenvalue weighted by Crippen LogP contribution is 2.13. The average molecular weight is 258 g/mol. The molecule has 0 fully saturated rings. The summed E-state index contributed by atoms with van der Waals surface area (Å²) in [5.74, 6) is 2.24. The molecule has 0 aliphatic rings. The number of benzene rings is 1. The van der Waals surface area contributed by atoms with E-state index in [0.717, 1.165) is 6.42 Å². The summed E-state index contributed by atoms with van der Waals surface area (Å²) in [6.45, 7) is 0.516. The molecule has 1 N–H and O–H groups in total. The molecule has 0 aromatic heterocycles. The summed E-state index contributed by atoms with van der Waals surface area (Å²) in [7, 11) is 0. The van der Waals surface area contributed by atoms with Crippen LogP contribution in [-0.4, -0.2) is 17.4 Å². The Hall–Kier alpha value is -2.61. The first kappa shape index (κ1) is 14.5. The zero-order valence-electron chi connectivity index (χ0n) is 10.3. The number of carbonyl (C=O) groups excluding carboxylic acids is 1. The van der Waals surface area contributed by atoms with Gasteiger partial charge in [0, 0.05) is 31.2 Å². The Balaban J connectivity index is 2.52. The lowest BCUT2D eigenvalue weighted by molar-refractivity contribution is -0.384. The van der Waals surface area contributed by atoms with Crippen LogP contribution in [0.5, 0.6) is 0 Å². The van der Waals surface area contributed by atoms with Crippen molar-refractivity contribution in [2.45, 2.75) is 12.8 Å². The van der Waals surface area contributed by atoms with Crippen molar-refractivity contribution < 1.29 is 9.72 Å². The number of carbonyl (C=O) groups is 1. The van der Waals surface area contributed by atoms with Gasteiger partial charge >= 0.3 is 0 Å². The van der Waals surface area contributed by atoms with E-state index >= 15 is 0 Å². The van der Waals surface area contributed by atoms with Crippen LogP contribution < -0.4 is 5.32 Å². The number of hydrogen-bond donors (Lipinski definition) is 1. The summed E-state index contributed by atoms with van der Waals surface area (Å²) in [5, 5.41) is 13.3. The minimum absolute atomic E-state index is 0.00317. The Morgan fingerprint density at radius 3 is 3.00 bits per heavy atom. The molecular weight excluding hydrogens is 244 g/mol. The van der Waals surface area contributed by atoms with Crippen molar-refractivity contribution in [2.24, 2.45) is 0 Å². The summed E-state index contributed by atoms with van der Waals surface area (Å²) >= 11 is 0. The smallest absolute Gasteiger partial charge is 0.270 e. The fourth-order valence-corrected chi connectivity index (χ4v) is 1.37. The fraction of sp³-hybridized carbons (Fsp3) is 0.214. The average Bonchev–Trinajstić information content (AvgIpc) is 2.41. The molecule has 0 radical (unpaired) electrons. The van der Waals surface area contributed by atoms with Crippen LogP contribution in [0.2, 0.25) is 0 Å². The lowest BCUT2D eigenvalue weighted by Gasteiger charge is -1.99. The number of hydrogen-bond acceptors (Lipinski definition) is 3. The number of nitrogens with zero attached hydrogens (tertiary/aromatic N) is 1. The van der Waals surface area contributed by atoms with E-state index in [1.165, 1.54) is 24.3 Å². The van der Waals surface area contributed by atoms with Gasteiger partial charge in [-0.1, -0.05) is 12.1 Å². The number of nitro benzene ring substituents is 1. The third kappa shape index (κ3) is 5.50. The molecule has 0 spiro atoms. The first-order valence-electron chi connectivity index (χ1n) is 5.77. The zero-order chi connectivity index (χ0) is 14.1. The number of non-ortho nitro benzene ring substituents is 1. The minimum Gasteiger partial charge on any atom is -0.353 e. The Morgan fingerprint density at radius 2 is 2.32 bits per heavy atom. The van der Waals surface area contributed by atoms with Crippen molar-refractivity contribution in [3.05, 3.63) is 46.0 Å². The summed E-state index contributed by atoms with van der Waals surface area (Å²) in [6, 6.07) is 6.07. The van der Waals surface area contributed by atoms with Crippen molar-refractivity contribution in [3.63, 3.8) is 0 Å². The van der Waals surface area contributed by atoms with Crippen molar-refractivity contribution in [1.82, 2.24) is 5.32 Å². The number of amides is 1. The normalized spacial score (nSPS) is 10.1. The molecule has 0 bridgehead atoms. The van der Waals surface area contributed by atoms with Crippen molar-refractivity contribution >= 4 is 17.7 Å². The topological polar surface area (TPSA) is 72.2 Å². The van der Waals surface area contributed by atoms with Gasteiger partial charge in [-0.05, 0) is 18.1 Å². The van der Waals surface area contributed by atoms with Crippen LogP contribution in [0.3, 0.4) is 0 Å². The molecular formula is C14H14N2O3. The van der Waals surface area contributed by atoms with Gasteiger partial charge in [0.1, 0.15) is 0 Å². The third-order valence-corrected chi connectivity index (χ3v) is 2.31. The molecule has 5 heteroatoms. The van der Waals surface area contributed by atoms with Crippen LogP contribution in [0.15, 0.2) is 30.3 Å². The van der Waals surface area contributed by atoms with Crippen molar-refractivity contribution in [3.8, 4) is 12.3 Å². The molecule has 19 heavy (non-hydrogen) atoms. The maximum atomic E-state index is 11.4. The molecule has 1 amide bonds. The van der Waals surface area contributed by atoms with E-state index in [4.69, 9.17) is 6.42 Å². The molecule has 1 aromatic rings. The van der Waals surface area contributed by atoms with Gasteiger partial charge in [0.15, 0.2) is 0 Å². The molecule has 5 nitrogen and oxygen atoms in total. The Bertz CT molecular complexity index is 530. The molecule has 0 unspecified atom stereocenters. The van der Waals surface area contributed by atoms with Gasteiger partial charge in [0.25, 0.3) is 5.69 Å². The van der Waals surface area contributed by atoms with Crippen molar-refractivity contribution in [2.75, 3.05) is 6.54 Å². The second-order valence-corrected chi connectivity index (χ2v) is 3.78. The maximum Gasteiger partial charge on any atom is 0.270 e. The van der Waals surface area contributed by atoms with Crippen LogP contribution in [0.25, 0.3) is 6.08 Å². The highest BCUT2D eigenvalue weighted by Gasteiger charge is 2.03. The molecule has 0 aliphatic carbocycles. The van der Waals surface area contributed by atoms with E-state index in [-0.39, 0.29) is 11.6 Å². The number of terminal acetylenes is 1. The molecule has 0 aliphatic heterocycles. The number of rotatable bonds is 6. The molecule has 1 aromatic carbocycles. The van der Waals surface area contributed by atoms with Crippen LogP contribution >= 0.6 is 0 Å². The van der Waals surface area contributed by atoms with Gasteiger partial charge in [0.2, 0.25) is 5.91 Å². The fourth-order valence-electron chi connectivity index (χ4n) is 1.37. The second kappa shape index (κ2) is 7.67. The molecule has 0 saturated heterocycles. The summed E-state index contributed by atoms with van der Waals surface area (Å²) < 4.78 is 0. The number of unbranched alkanes of at least 4 members (excludes halogenated alkanes) is 1. The Morgan fingerprint density at radius 1 is 1.53 bits per heavy atom. The standard InChI is InChI=1S/C14H14N2O3/c1-2-3-4-10-15-14(17)9-8-12-6-5-7-13(11-12)16(18)19/h1,5-9,11H,3-4,10H2,(H,15,17)/b9-8+. The first-order chi connectivity index (χ1) is 9.13. The van der Waals surface area contributed by atoms with Gasteiger partial charge in [0.05, 0.1) is 4.92 Å². The Labute approximate surface area is 111 Å². The lowest BCUT2D eigenvalue weighted by Crippen LogP contribution is -2.21. The molecule has 0 atom stereocenters. The van der Waals surface area contributed by atoms with E-state index in [1.807, 2.05) is 0 Å². The van der Waals surface area contributed by atoms with E-state index < -0.39 is 4.92 Å². The quantitative estimate of drug-likeness (QED) is 0.279. The highest BCUT2D eigenvalue weighted by atomic mass is 16.6. The van der Waals surface area contributed by atoms with Gasteiger partial charge in [-0.25, -0.2) is 0 Å². The third-order valence-electron chi connectivity index (χ3n) is 2.31. The Kier molecular flexibility index (Phi) is 5.83. The zero-order valence-corrected chi connectivity index (χ0v) is 10.3. The van der Waals surface area contributed by atoms with Crippen molar-refractivity contribution in [1.29, 1.82) is 0 Å². The minimum atomic E-state index is -0.475. The van der Waals surface area contributed by atoms with E-state index in [2.05, 4.69) is 11.2 Å². The van der Waals surface area contributed by atoms with Gasteiger partial charge < -0.3 is 5.32 Å². The van der Waals surface area contributed by atoms with Crippen LogP contribution in [-0.2, 0) is 4.79 Å². The van der Waals surface area contributed by atoms with E-state index in [9.17, 15) is 14.9 Å². The summed E-state index contributed by atoms with van der Waals surface area (Å²) in [4.78, 5) is 21.5. The monoisotopic (exact) mass is 258 g/mol. The largest absolute Gasteiger partial charge is 0.353 e. The van der Waals surface area contributed by atoms with E-state index in [0.29, 0.717) is 18.5 Å². The van der Waals surface area contributed by atoms with Crippen LogP contribution in [0.1, 0.15) is 18.4 Å².